The van der Waals surface area contributed by atoms with E-state index in [0.717, 1.165) is 5.56 Å². The third-order valence-electron chi connectivity index (χ3n) is 4.79. The van der Waals surface area contributed by atoms with E-state index < -0.39 is 5.92 Å². The van der Waals surface area contributed by atoms with Crippen molar-refractivity contribution in [2.24, 2.45) is 11.3 Å². The number of carbonyl (C=O) groups excluding carboxylic acids is 3. The van der Waals surface area contributed by atoms with Gasteiger partial charge in [0.05, 0.1) is 5.92 Å². The Morgan fingerprint density at radius 1 is 1.28 bits per heavy atom. The molecule has 6 heteroatoms. The zero-order chi connectivity index (χ0) is 18.4. The average molecular weight is 361 g/mol. The van der Waals surface area contributed by atoms with E-state index in [2.05, 4.69) is 10.6 Å². The molecule has 5 nitrogen and oxygen atoms in total. The van der Waals surface area contributed by atoms with Gasteiger partial charge in [0.2, 0.25) is 11.8 Å². The molecule has 2 amide bonds. The van der Waals surface area contributed by atoms with Crippen molar-refractivity contribution in [3.05, 3.63) is 40.1 Å². The topological polar surface area (TPSA) is 75.3 Å². The van der Waals surface area contributed by atoms with Gasteiger partial charge in [-0.2, -0.15) is 0 Å². The molecule has 132 valence electrons. The highest BCUT2D eigenvalue weighted by Gasteiger charge is 2.42. The van der Waals surface area contributed by atoms with Crippen molar-refractivity contribution in [3.8, 4) is 0 Å². The van der Waals surface area contributed by atoms with Crippen LogP contribution in [-0.2, 0) is 14.4 Å². The number of Topliss-reactive ketones (excluding diaryl/α,β-unsaturated/α-hetero) is 1. The van der Waals surface area contributed by atoms with Crippen molar-refractivity contribution < 1.29 is 14.4 Å². The highest BCUT2D eigenvalue weighted by atomic mass is 35.5. The van der Waals surface area contributed by atoms with Crippen molar-refractivity contribution in [1.82, 2.24) is 5.32 Å². The van der Waals surface area contributed by atoms with Crippen molar-refractivity contribution in [1.29, 1.82) is 0 Å². The number of allylic oxidation sites excluding steroid dienone is 1. The molecule has 2 N–H and O–H groups in total. The van der Waals surface area contributed by atoms with E-state index in [1.54, 1.807) is 18.2 Å². The first-order chi connectivity index (χ1) is 11.7. The molecule has 0 bridgehead atoms. The number of rotatable bonds is 2. The predicted molar refractivity (Wildman–Crippen MR) is 96.1 cm³/mol. The Balaban J connectivity index is 1.92. The van der Waals surface area contributed by atoms with Gasteiger partial charge in [0.15, 0.2) is 5.78 Å². The summed E-state index contributed by atoms with van der Waals surface area (Å²) in [5.41, 5.74) is 2.18. The normalized spacial score (nSPS) is 22.3. The van der Waals surface area contributed by atoms with Crippen LogP contribution in [0, 0.1) is 18.3 Å². The zero-order valence-corrected chi connectivity index (χ0v) is 15.3. The fourth-order valence-electron chi connectivity index (χ4n) is 3.54. The number of carbonyl (C=O) groups is 3. The van der Waals surface area contributed by atoms with Crippen LogP contribution < -0.4 is 10.6 Å². The number of halogens is 1. The summed E-state index contributed by atoms with van der Waals surface area (Å²) in [6.07, 6.45) is 0.942. The molecule has 1 aliphatic heterocycles. The van der Waals surface area contributed by atoms with E-state index in [-0.39, 0.29) is 29.4 Å². The Morgan fingerprint density at radius 3 is 2.72 bits per heavy atom. The molecule has 0 radical (unpaired) electrons. The van der Waals surface area contributed by atoms with Crippen LogP contribution in [0.2, 0.25) is 5.02 Å². The standard InChI is InChI=1S/C19H21ClN2O3/c1-10-12(20)5-4-6-13(10)22-18(25)11-7-16(24)21-14-8-19(2,3)9-15(23)17(11)14/h4-6,11H,7-9H2,1-3H3,(H,21,24)(H,22,25). The van der Waals surface area contributed by atoms with E-state index in [4.69, 9.17) is 11.6 Å². The lowest BCUT2D eigenvalue weighted by atomic mass is 9.71. The molecule has 0 saturated carbocycles. The van der Waals surface area contributed by atoms with Crippen LogP contribution in [0.25, 0.3) is 0 Å². The molecule has 3 rings (SSSR count). The molecule has 1 unspecified atom stereocenters. The minimum absolute atomic E-state index is 0.0174. The minimum Gasteiger partial charge on any atom is -0.329 e. The Labute approximate surface area is 151 Å². The number of hydrogen-bond donors (Lipinski definition) is 2. The third kappa shape index (κ3) is 3.47. The average Bonchev–Trinajstić information content (AvgIpc) is 2.49. The summed E-state index contributed by atoms with van der Waals surface area (Å²) in [5, 5.41) is 6.17. The molecule has 25 heavy (non-hydrogen) atoms. The van der Waals surface area contributed by atoms with Crippen LogP contribution >= 0.6 is 11.6 Å². The Kier molecular flexibility index (Phi) is 4.45. The molecule has 0 aromatic heterocycles. The second kappa shape index (κ2) is 6.30. The van der Waals surface area contributed by atoms with E-state index in [9.17, 15) is 14.4 Å². The summed E-state index contributed by atoms with van der Waals surface area (Å²) in [7, 11) is 0. The van der Waals surface area contributed by atoms with Gasteiger partial charge in [0.25, 0.3) is 0 Å². The Hall–Kier alpha value is -2.14. The van der Waals surface area contributed by atoms with Gasteiger partial charge in [0, 0.05) is 34.8 Å². The van der Waals surface area contributed by atoms with E-state index in [1.165, 1.54) is 0 Å². The molecule has 0 saturated heterocycles. The van der Waals surface area contributed by atoms with Gasteiger partial charge in [-0.1, -0.05) is 31.5 Å². The summed E-state index contributed by atoms with van der Waals surface area (Å²) in [4.78, 5) is 37.5. The van der Waals surface area contributed by atoms with Gasteiger partial charge in [-0.3, -0.25) is 14.4 Å². The summed E-state index contributed by atoms with van der Waals surface area (Å²) >= 11 is 6.09. The van der Waals surface area contributed by atoms with Crippen LogP contribution in [-0.4, -0.2) is 17.6 Å². The van der Waals surface area contributed by atoms with Crippen molar-refractivity contribution in [2.45, 2.75) is 40.0 Å². The van der Waals surface area contributed by atoms with Crippen molar-refractivity contribution in [2.75, 3.05) is 5.32 Å². The smallest absolute Gasteiger partial charge is 0.232 e. The maximum atomic E-state index is 12.8. The van der Waals surface area contributed by atoms with Gasteiger partial charge in [-0.15, -0.1) is 0 Å². The summed E-state index contributed by atoms with van der Waals surface area (Å²) in [5.74, 6) is -1.40. The quantitative estimate of drug-likeness (QED) is 0.849. The highest BCUT2D eigenvalue weighted by Crippen LogP contribution is 2.41. The maximum absolute atomic E-state index is 12.8. The fraction of sp³-hybridized carbons (Fsp3) is 0.421. The molecule has 0 fully saturated rings. The first-order valence-electron chi connectivity index (χ1n) is 8.30. The Morgan fingerprint density at radius 2 is 2.00 bits per heavy atom. The van der Waals surface area contributed by atoms with Crippen LogP contribution in [0.3, 0.4) is 0 Å². The number of amides is 2. The van der Waals surface area contributed by atoms with Crippen LogP contribution in [0.15, 0.2) is 29.5 Å². The first-order valence-corrected chi connectivity index (χ1v) is 8.68. The number of hydrogen-bond acceptors (Lipinski definition) is 3. The molecule has 1 aromatic carbocycles. The SMILES string of the molecule is Cc1c(Cl)cccc1NC(=O)C1CC(=O)NC2=C1C(=O)CC(C)(C)C2. The number of anilines is 1. The van der Waals surface area contributed by atoms with E-state index in [0.29, 0.717) is 34.8 Å². The van der Waals surface area contributed by atoms with Crippen molar-refractivity contribution >= 4 is 34.9 Å². The Bertz CT molecular complexity index is 811. The molecular weight excluding hydrogens is 340 g/mol. The number of ketones is 1. The molecule has 1 heterocycles. The molecule has 1 aliphatic carbocycles. The molecule has 0 spiro atoms. The van der Waals surface area contributed by atoms with Gasteiger partial charge in [-0.25, -0.2) is 0 Å². The summed E-state index contributed by atoms with van der Waals surface area (Å²) in [6, 6.07) is 5.24. The highest BCUT2D eigenvalue weighted by molar-refractivity contribution is 6.31. The lowest BCUT2D eigenvalue weighted by molar-refractivity contribution is -0.129. The van der Waals surface area contributed by atoms with Crippen molar-refractivity contribution in [3.63, 3.8) is 0 Å². The molecule has 1 atom stereocenters. The monoisotopic (exact) mass is 360 g/mol. The van der Waals surface area contributed by atoms with Gasteiger partial charge < -0.3 is 10.6 Å². The minimum atomic E-state index is -0.759. The summed E-state index contributed by atoms with van der Waals surface area (Å²) in [6.45, 7) is 5.78. The van der Waals surface area contributed by atoms with E-state index in [1.807, 2.05) is 20.8 Å². The second-order valence-corrected chi connectivity index (χ2v) is 7.95. The lowest BCUT2D eigenvalue weighted by Crippen LogP contribution is -2.44. The summed E-state index contributed by atoms with van der Waals surface area (Å²) < 4.78 is 0. The molecule has 1 aromatic rings. The predicted octanol–water partition coefficient (Wildman–Crippen LogP) is 3.37. The zero-order valence-electron chi connectivity index (χ0n) is 14.5. The largest absolute Gasteiger partial charge is 0.329 e. The van der Waals surface area contributed by atoms with Gasteiger partial charge in [-0.05, 0) is 36.5 Å². The molecule has 2 aliphatic rings. The van der Waals surface area contributed by atoms with Crippen LogP contribution in [0.4, 0.5) is 5.69 Å². The van der Waals surface area contributed by atoms with E-state index >= 15 is 0 Å². The van der Waals surface area contributed by atoms with Gasteiger partial charge >= 0.3 is 0 Å². The van der Waals surface area contributed by atoms with Gasteiger partial charge in [0.1, 0.15) is 0 Å². The van der Waals surface area contributed by atoms with Crippen LogP contribution in [0.1, 0.15) is 38.7 Å². The maximum Gasteiger partial charge on any atom is 0.232 e. The second-order valence-electron chi connectivity index (χ2n) is 7.54. The third-order valence-corrected chi connectivity index (χ3v) is 5.20. The first kappa shape index (κ1) is 17.7. The molecular formula is C19H21ClN2O3. The fourth-order valence-corrected chi connectivity index (χ4v) is 3.72. The van der Waals surface area contributed by atoms with Crippen LogP contribution in [0.5, 0.6) is 0 Å². The number of benzene rings is 1. The number of nitrogens with one attached hydrogen (secondary N) is 2. The lowest BCUT2D eigenvalue weighted by Gasteiger charge is -2.37.